The van der Waals surface area contributed by atoms with E-state index in [0.717, 1.165) is 17.3 Å². The molecule has 0 aliphatic rings. The molecule has 0 unspecified atom stereocenters. The predicted molar refractivity (Wildman–Crippen MR) is 108 cm³/mol. The Morgan fingerprint density at radius 3 is 2.74 bits per heavy atom. The van der Waals surface area contributed by atoms with Gasteiger partial charge in [0.05, 0.1) is 22.4 Å². The Morgan fingerprint density at radius 1 is 1.04 bits per heavy atom. The van der Waals surface area contributed by atoms with Crippen LogP contribution in [0, 0.1) is 0 Å². The van der Waals surface area contributed by atoms with Crippen LogP contribution >= 0.6 is 23.3 Å². The third-order valence-electron chi connectivity index (χ3n) is 3.96. The van der Waals surface area contributed by atoms with Crippen molar-refractivity contribution in [3.8, 4) is 5.75 Å². The Kier molecular flexibility index (Phi) is 5.00. The number of carbonyl (C=O) groups is 1. The minimum atomic E-state index is -0.289. The van der Waals surface area contributed by atoms with E-state index < -0.39 is 0 Å². The molecule has 0 radical (unpaired) electrons. The third kappa shape index (κ3) is 3.92. The van der Waals surface area contributed by atoms with Crippen molar-refractivity contribution in [2.75, 3.05) is 5.32 Å². The lowest BCUT2D eigenvalue weighted by atomic mass is 10.2. The summed E-state index contributed by atoms with van der Waals surface area (Å²) in [7, 11) is 0. The Hall–Kier alpha value is -2.96. The molecule has 4 aromatic rings. The van der Waals surface area contributed by atoms with Gasteiger partial charge < -0.3 is 10.1 Å². The maximum atomic E-state index is 12.7. The van der Waals surface area contributed by atoms with Crippen LogP contribution in [-0.2, 0) is 6.61 Å². The SMILES string of the molecule is O=C(Nc1c(Cl)ccc2nsnc12)c1cccc(OCc2ccccc2)c1. The lowest BCUT2D eigenvalue weighted by Gasteiger charge is -2.10. The molecule has 134 valence electrons. The number of nitrogens with one attached hydrogen (secondary N) is 1. The largest absolute Gasteiger partial charge is 0.489 e. The van der Waals surface area contributed by atoms with E-state index in [1.54, 1.807) is 30.3 Å². The maximum Gasteiger partial charge on any atom is 0.255 e. The molecule has 1 N–H and O–H groups in total. The molecule has 0 aliphatic carbocycles. The number of fused-ring (bicyclic) bond motifs is 1. The van der Waals surface area contributed by atoms with E-state index in [1.807, 2.05) is 36.4 Å². The highest BCUT2D eigenvalue weighted by Crippen LogP contribution is 2.30. The average Bonchev–Trinajstić information content (AvgIpc) is 3.18. The molecule has 0 spiro atoms. The van der Waals surface area contributed by atoms with Crippen molar-refractivity contribution in [3.05, 3.63) is 82.9 Å². The highest BCUT2D eigenvalue weighted by molar-refractivity contribution is 7.00. The summed E-state index contributed by atoms with van der Waals surface area (Å²) < 4.78 is 14.2. The Bertz CT molecular complexity index is 1100. The Balaban J connectivity index is 1.52. The zero-order chi connectivity index (χ0) is 18.6. The molecule has 1 heterocycles. The van der Waals surface area contributed by atoms with Gasteiger partial charge >= 0.3 is 0 Å². The van der Waals surface area contributed by atoms with E-state index in [-0.39, 0.29) is 5.91 Å². The molecule has 0 atom stereocenters. The van der Waals surface area contributed by atoms with Crippen LogP contribution in [0.25, 0.3) is 11.0 Å². The van der Waals surface area contributed by atoms with E-state index >= 15 is 0 Å². The number of ether oxygens (including phenoxy) is 1. The fourth-order valence-electron chi connectivity index (χ4n) is 2.60. The summed E-state index contributed by atoms with van der Waals surface area (Å²) in [5, 5.41) is 3.25. The van der Waals surface area contributed by atoms with E-state index in [9.17, 15) is 4.79 Å². The van der Waals surface area contributed by atoms with Crippen LogP contribution in [0.4, 0.5) is 5.69 Å². The van der Waals surface area contributed by atoms with E-state index in [0.29, 0.717) is 39.7 Å². The number of benzene rings is 3. The summed E-state index contributed by atoms with van der Waals surface area (Å²) in [6, 6.07) is 20.3. The van der Waals surface area contributed by atoms with Gasteiger partial charge in [0.1, 0.15) is 23.4 Å². The lowest BCUT2D eigenvalue weighted by molar-refractivity contribution is 0.102. The van der Waals surface area contributed by atoms with E-state index in [4.69, 9.17) is 16.3 Å². The molecule has 3 aromatic carbocycles. The first-order valence-corrected chi connectivity index (χ1v) is 9.30. The van der Waals surface area contributed by atoms with Crippen LogP contribution in [0.2, 0.25) is 5.02 Å². The third-order valence-corrected chi connectivity index (χ3v) is 4.82. The van der Waals surface area contributed by atoms with Gasteiger partial charge in [-0.1, -0.05) is 48.0 Å². The number of rotatable bonds is 5. The highest BCUT2D eigenvalue weighted by atomic mass is 35.5. The van der Waals surface area contributed by atoms with Crippen molar-refractivity contribution in [2.24, 2.45) is 0 Å². The van der Waals surface area contributed by atoms with Gasteiger partial charge in [0.15, 0.2) is 0 Å². The molecule has 0 fully saturated rings. The number of anilines is 1. The minimum Gasteiger partial charge on any atom is -0.489 e. The van der Waals surface area contributed by atoms with E-state index in [2.05, 4.69) is 14.1 Å². The minimum absolute atomic E-state index is 0.289. The summed E-state index contributed by atoms with van der Waals surface area (Å²) in [6.07, 6.45) is 0. The molecule has 0 bridgehead atoms. The molecule has 0 saturated heterocycles. The summed E-state index contributed by atoms with van der Waals surface area (Å²) >= 11 is 7.31. The van der Waals surface area contributed by atoms with Crippen molar-refractivity contribution in [1.82, 2.24) is 8.75 Å². The summed E-state index contributed by atoms with van der Waals surface area (Å²) in [5.74, 6) is 0.327. The van der Waals surface area contributed by atoms with Crippen molar-refractivity contribution < 1.29 is 9.53 Å². The number of hydrogen-bond donors (Lipinski definition) is 1. The number of nitrogens with zero attached hydrogens (tertiary/aromatic N) is 2. The average molecular weight is 396 g/mol. The Labute approximate surface area is 164 Å². The van der Waals surface area contributed by atoms with Gasteiger partial charge in [0.2, 0.25) is 0 Å². The zero-order valence-electron chi connectivity index (χ0n) is 14.1. The first kappa shape index (κ1) is 17.5. The van der Waals surface area contributed by atoms with Crippen LogP contribution in [0.5, 0.6) is 5.75 Å². The number of halogens is 1. The fourth-order valence-corrected chi connectivity index (χ4v) is 3.34. The molecule has 0 aliphatic heterocycles. The molecule has 4 rings (SSSR count). The predicted octanol–water partition coefficient (Wildman–Crippen LogP) is 5.18. The number of hydrogen-bond acceptors (Lipinski definition) is 5. The molecule has 7 heteroatoms. The van der Waals surface area contributed by atoms with Crippen molar-refractivity contribution in [2.45, 2.75) is 6.61 Å². The monoisotopic (exact) mass is 395 g/mol. The summed E-state index contributed by atoms with van der Waals surface area (Å²) in [6.45, 7) is 0.432. The van der Waals surface area contributed by atoms with Gasteiger partial charge in [0.25, 0.3) is 5.91 Å². The molecule has 27 heavy (non-hydrogen) atoms. The normalized spacial score (nSPS) is 10.7. The second-order valence-corrected chi connectivity index (χ2v) is 6.75. The first-order chi connectivity index (χ1) is 13.2. The number of carbonyl (C=O) groups excluding carboxylic acids is 1. The number of amides is 1. The zero-order valence-corrected chi connectivity index (χ0v) is 15.6. The highest BCUT2D eigenvalue weighted by Gasteiger charge is 2.14. The molecule has 1 amide bonds. The first-order valence-electron chi connectivity index (χ1n) is 8.19. The van der Waals surface area contributed by atoms with E-state index in [1.165, 1.54) is 0 Å². The summed E-state index contributed by atoms with van der Waals surface area (Å²) in [5.41, 5.74) is 3.26. The number of aromatic nitrogens is 2. The van der Waals surface area contributed by atoms with Crippen molar-refractivity contribution >= 4 is 46.0 Å². The van der Waals surface area contributed by atoms with Crippen molar-refractivity contribution in [3.63, 3.8) is 0 Å². The molecular formula is C20H14ClN3O2S. The molecule has 0 saturated carbocycles. The molecule has 1 aromatic heterocycles. The quantitative estimate of drug-likeness (QED) is 0.506. The van der Waals surface area contributed by atoms with Crippen LogP contribution in [-0.4, -0.2) is 14.7 Å². The van der Waals surface area contributed by atoms with Crippen molar-refractivity contribution in [1.29, 1.82) is 0 Å². The smallest absolute Gasteiger partial charge is 0.255 e. The fraction of sp³-hybridized carbons (Fsp3) is 0.0500. The molecular weight excluding hydrogens is 382 g/mol. The van der Waals surface area contributed by atoms with Gasteiger partial charge in [-0.15, -0.1) is 0 Å². The topological polar surface area (TPSA) is 64.1 Å². The van der Waals surface area contributed by atoms with Crippen LogP contribution < -0.4 is 10.1 Å². The van der Waals surface area contributed by atoms with Gasteiger partial charge in [-0.25, -0.2) is 0 Å². The van der Waals surface area contributed by atoms with Gasteiger partial charge in [0, 0.05) is 5.56 Å². The van der Waals surface area contributed by atoms with Crippen LogP contribution in [0.15, 0.2) is 66.7 Å². The van der Waals surface area contributed by atoms with Crippen LogP contribution in [0.1, 0.15) is 15.9 Å². The maximum absolute atomic E-state index is 12.7. The van der Waals surface area contributed by atoms with Crippen LogP contribution in [0.3, 0.4) is 0 Å². The standard InChI is InChI=1S/C20H14ClN3O2S/c21-16-9-10-17-19(24-27-23-17)18(16)22-20(25)14-7-4-8-15(11-14)26-12-13-5-2-1-3-6-13/h1-11H,12H2,(H,22,25). The second kappa shape index (κ2) is 7.73. The molecule has 5 nitrogen and oxygen atoms in total. The Morgan fingerprint density at radius 2 is 1.89 bits per heavy atom. The van der Waals surface area contributed by atoms with Gasteiger partial charge in [-0.2, -0.15) is 8.75 Å². The summed E-state index contributed by atoms with van der Waals surface area (Å²) in [4.78, 5) is 12.7. The van der Waals surface area contributed by atoms with Gasteiger partial charge in [-0.3, -0.25) is 4.79 Å². The van der Waals surface area contributed by atoms with Gasteiger partial charge in [-0.05, 0) is 35.9 Å². The second-order valence-electron chi connectivity index (χ2n) is 5.81. The lowest BCUT2D eigenvalue weighted by Crippen LogP contribution is -2.12.